The first-order chi connectivity index (χ1) is 15.7. The number of aryl methyl sites for hydroxylation is 2. The highest BCUT2D eigenvalue weighted by atomic mass is 32.2. The Bertz CT molecular complexity index is 1120. The first kappa shape index (κ1) is 23.9. The molecule has 0 bridgehead atoms. The van der Waals surface area contributed by atoms with E-state index in [0.29, 0.717) is 42.9 Å². The van der Waals surface area contributed by atoms with Crippen molar-refractivity contribution < 1.29 is 17.6 Å². The number of nitrogens with zero attached hydrogens (tertiary/aromatic N) is 1. The highest BCUT2D eigenvalue weighted by molar-refractivity contribution is 7.89. The number of benzene rings is 2. The number of hydrogen-bond donors (Lipinski definition) is 1. The number of fused-ring (bicyclic) bond motifs is 1. The molecule has 2 aliphatic rings. The zero-order chi connectivity index (χ0) is 23.6. The van der Waals surface area contributed by atoms with Gasteiger partial charge in [0.1, 0.15) is 5.82 Å². The van der Waals surface area contributed by atoms with Crippen LogP contribution in [0.3, 0.4) is 0 Å². The van der Waals surface area contributed by atoms with Gasteiger partial charge in [-0.25, -0.2) is 12.8 Å². The average Bonchev–Trinajstić information content (AvgIpc) is 2.82. The summed E-state index contributed by atoms with van der Waals surface area (Å²) in [5.74, 6) is -0.612. The molecule has 2 aromatic rings. The number of sulfonamides is 1. The Hall–Kier alpha value is -2.25. The van der Waals surface area contributed by atoms with E-state index in [2.05, 4.69) is 5.32 Å². The zero-order valence-corrected chi connectivity index (χ0v) is 20.3. The lowest BCUT2D eigenvalue weighted by Gasteiger charge is -2.32. The van der Waals surface area contributed by atoms with Gasteiger partial charge in [-0.3, -0.25) is 4.79 Å². The molecule has 0 saturated carbocycles. The summed E-state index contributed by atoms with van der Waals surface area (Å²) in [4.78, 5) is 13.1. The van der Waals surface area contributed by atoms with E-state index < -0.39 is 15.4 Å². The van der Waals surface area contributed by atoms with Gasteiger partial charge in [0.2, 0.25) is 15.9 Å². The van der Waals surface area contributed by atoms with Crippen molar-refractivity contribution in [3.8, 4) is 0 Å². The van der Waals surface area contributed by atoms with Crippen molar-refractivity contribution in [1.29, 1.82) is 0 Å². The maximum atomic E-state index is 14.2. The molecule has 1 heterocycles. The predicted molar refractivity (Wildman–Crippen MR) is 127 cm³/mol. The van der Waals surface area contributed by atoms with Crippen LogP contribution in [0.1, 0.15) is 56.2 Å². The second-order valence-corrected chi connectivity index (χ2v) is 11.8. The molecule has 0 spiro atoms. The second kappa shape index (κ2) is 9.55. The van der Waals surface area contributed by atoms with Crippen molar-refractivity contribution >= 4 is 15.9 Å². The zero-order valence-electron chi connectivity index (χ0n) is 19.4. The standard InChI is InChI=1S/C26H33FN2O3S/c1-26(2,23-9-5-6-10-24(23)27)18-28-25(30)20-13-15-29(16-14-20)33(31,32)22-12-11-19-7-3-4-8-21(19)17-22/h5-6,9-12,17,20H,3-4,7-8,13-16,18H2,1-2H3,(H,28,30). The average molecular weight is 473 g/mol. The lowest BCUT2D eigenvalue weighted by atomic mass is 9.84. The third-order valence-electron chi connectivity index (χ3n) is 7.09. The van der Waals surface area contributed by atoms with Crippen molar-refractivity contribution in [2.45, 2.75) is 62.7 Å². The molecule has 4 rings (SSSR count). The van der Waals surface area contributed by atoms with E-state index in [1.54, 1.807) is 24.3 Å². The SMILES string of the molecule is CC(C)(CNC(=O)C1CCN(S(=O)(=O)c2ccc3c(c2)CCCC3)CC1)c1ccccc1F. The van der Waals surface area contributed by atoms with Gasteiger partial charge in [0.15, 0.2) is 0 Å². The summed E-state index contributed by atoms with van der Waals surface area (Å²) in [5, 5.41) is 2.96. The molecule has 1 aliphatic carbocycles. The molecule has 0 aromatic heterocycles. The van der Waals surface area contributed by atoms with E-state index in [9.17, 15) is 17.6 Å². The third kappa shape index (κ3) is 5.14. The van der Waals surface area contributed by atoms with Crippen LogP contribution in [0.15, 0.2) is 47.4 Å². The van der Waals surface area contributed by atoms with Crippen molar-refractivity contribution in [3.05, 3.63) is 65.0 Å². The smallest absolute Gasteiger partial charge is 0.243 e. The molecule has 0 unspecified atom stereocenters. The topological polar surface area (TPSA) is 66.5 Å². The van der Waals surface area contributed by atoms with Crippen molar-refractivity contribution in [2.24, 2.45) is 5.92 Å². The van der Waals surface area contributed by atoms with Crippen LogP contribution in [0, 0.1) is 11.7 Å². The number of piperidine rings is 1. The fourth-order valence-electron chi connectivity index (χ4n) is 4.94. The molecule has 1 fully saturated rings. The number of nitrogens with one attached hydrogen (secondary N) is 1. The van der Waals surface area contributed by atoms with Gasteiger partial charge in [0, 0.05) is 31.0 Å². The molecule has 178 valence electrons. The number of rotatable bonds is 6. The predicted octanol–water partition coefficient (Wildman–Crippen LogP) is 4.20. The number of carbonyl (C=O) groups is 1. The molecular weight excluding hydrogens is 439 g/mol. The van der Waals surface area contributed by atoms with Gasteiger partial charge in [-0.15, -0.1) is 0 Å². The van der Waals surface area contributed by atoms with Crippen LogP contribution in [-0.2, 0) is 33.1 Å². The number of carbonyl (C=O) groups excluding carboxylic acids is 1. The van der Waals surface area contributed by atoms with Gasteiger partial charge < -0.3 is 5.32 Å². The third-order valence-corrected chi connectivity index (χ3v) is 8.98. The normalized spacial score (nSPS) is 18.0. The molecule has 2 aromatic carbocycles. The highest BCUT2D eigenvalue weighted by Crippen LogP contribution is 2.29. The molecule has 1 saturated heterocycles. The Morgan fingerprint density at radius 3 is 2.42 bits per heavy atom. The van der Waals surface area contributed by atoms with Crippen LogP contribution in [0.2, 0.25) is 0 Å². The lowest BCUT2D eigenvalue weighted by molar-refractivity contribution is -0.126. The van der Waals surface area contributed by atoms with E-state index in [1.165, 1.54) is 15.9 Å². The summed E-state index contributed by atoms with van der Waals surface area (Å²) in [6, 6.07) is 12.1. The Kier molecular flexibility index (Phi) is 6.91. The van der Waals surface area contributed by atoms with E-state index in [4.69, 9.17) is 0 Å². The molecule has 7 heteroatoms. The Labute approximate surface area is 196 Å². The maximum absolute atomic E-state index is 14.2. The summed E-state index contributed by atoms with van der Waals surface area (Å²) in [7, 11) is -3.56. The van der Waals surface area contributed by atoms with Crippen molar-refractivity contribution in [3.63, 3.8) is 0 Å². The van der Waals surface area contributed by atoms with Crippen LogP contribution >= 0.6 is 0 Å². The van der Waals surface area contributed by atoms with Gasteiger partial charge in [-0.2, -0.15) is 4.31 Å². The van der Waals surface area contributed by atoms with Gasteiger partial charge in [0.05, 0.1) is 4.90 Å². The van der Waals surface area contributed by atoms with Crippen LogP contribution in [0.5, 0.6) is 0 Å². The minimum atomic E-state index is -3.56. The summed E-state index contributed by atoms with van der Waals surface area (Å²) >= 11 is 0. The molecule has 1 aliphatic heterocycles. The fourth-order valence-corrected chi connectivity index (χ4v) is 6.46. The minimum absolute atomic E-state index is 0.0924. The summed E-state index contributed by atoms with van der Waals surface area (Å²) in [5.41, 5.74) is 2.43. The van der Waals surface area contributed by atoms with E-state index >= 15 is 0 Å². The van der Waals surface area contributed by atoms with Crippen LogP contribution in [0.25, 0.3) is 0 Å². The Balaban J connectivity index is 1.34. The van der Waals surface area contributed by atoms with Gasteiger partial charge >= 0.3 is 0 Å². The van der Waals surface area contributed by atoms with E-state index in [-0.39, 0.29) is 17.6 Å². The quantitative estimate of drug-likeness (QED) is 0.685. The summed E-state index contributed by atoms with van der Waals surface area (Å²) in [6.07, 6.45) is 5.18. The van der Waals surface area contributed by atoms with Crippen LogP contribution in [0.4, 0.5) is 4.39 Å². The molecule has 1 N–H and O–H groups in total. The molecular formula is C26H33FN2O3S. The first-order valence-electron chi connectivity index (χ1n) is 11.8. The number of halogens is 1. The largest absolute Gasteiger partial charge is 0.355 e. The van der Waals surface area contributed by atoms with Crippen molar-refractivity contribution in [1.82, 2.24) is 9.62 Å². The Morgan fingerprint density at radius 1 is 1.06 bits per heavy atom. The summed E-state index contributed by atoms with van der Waals surface area (Å²) in [6.45, 7) is 4.78. The van der Waals surface area contributed by atoms with Gasteiger partial charge in [-0.05, 0) is 73.4 Å². The summed E-state index contributed by atoms with van der Waals surface area (Å²) < 4.78 is 42.1. The molecule has 0 radical (unpaired) electrons. The molecule has 0 atom stereocenters. The van der Waals surface area contributed by atoms with Crippen LogP contribution < -0.4 is 5.32 Å². The first-order valence-corrected chi connectivity index (χ1v) is 13.3. The minimum Gasteiger partial charge on any atom is -0.355 e. The van der Waals surface area contributed by atoms with Gasteiger partial charge in [0.25, 0.3) is 0 Å². The monoisotopic (exact) mass is 472 g/mol. The molecule has 33 heavy (non-hydrogen) atoms. The van der Waals surface area contributed by atoms with Crippen molar-refractivity contribution in [2.75, 3.05) is 19.6 Å². The second-order valence-electron chi connectivity index (χ2n) is 9.90. The highest BCUT2D eigenvalue weighted by Gasteiger charge is 2.33. The van der Waals surface area contributed by atoms with Gasteiger partial charge in [-0.1, -0.05) is 38.1 Å². The lowest BCUT2D eigenvalue weighted by Crippen LogP contribution is -2.45. The fraction of sp³-hybridized carbons (Fsp3) is 0.500. The molecule has 5 nitrogen and oxygen atoms in total. The van der Waals surface area contributed by atoms with Crippen LogP contribution in [-0.4, -0.2) is 38.3 Å². The molecule has 1 amide bonds. The van der Waals surface area contributed by atoms with E-state index in [0.717, 1.165) is 31.2 Å². The number of hydrogen-bond acceptors (Lipinski definition) is 3. The van der Waals surface area contributed by atoms with E-state index in [1.807, 2.05) is 26.0 Å². The maximum Gasteiger partial charge on any atom is 0.243 e. The number of amides is 1. The Morgan fingerprint density at radius 2 is 1.73 bits per heavy atom.